The number of fused-ring (bicyclic) bond motifs is 1. The summed E-state index contributed by atoms with van der Waals surface area (Å²) < 4.78 is 0. The van der Waals surface area contributed by atoms with Crippen LogP contribution in [-0.2, 0) is 11.2 Å². The molecule has 0 saturated heterocycles. The highest BCUT2D eigenvalue weighted by molar-refractivity contribution is 6.35. The van der Waals surface area contributed by atoms with Crippen LogP contribution in [0, 0.1) is 0 Å². The third-order valence-corrected chi connectivity index (χ3v) is 3.11. The highest BCUT2D eigenvalue weighted by Crippen LogP contribution is 2.31. The summed E-state index contributed by atoms with van der Waals surface area (Å²) in [4.78, 5) is 23.3. The second-order valence-corrected chi connectivity index (χ2v) is 5.11. The maximum atomic E-state index is 11.9. The maximum Gasteiger partial charge on any atom is 0.224 e. The van der Waals surface area contributed by atoms with E-state index >= 15 is 0 Å². The molecule has 0 spiro atoms. The molecule has 0 radical (unpaired) electrons. The summed E-state index contributed by atoms with van der Waals surface area (Å²) in [6.45, 7) is 1.60. The van der Waals surface area contributed by atoms with E-state index in [2.05, 4.69) is 5.32 Å². The van der Waals surface area contributed by atoms with E-state index in [9.17, 15) is 9.59 Å². The lowest BCUT2D eigenvalue weighted by atomic mass is 9.96. The van der Waals surface area contributed by atoms with Crippen molar-refractivity contribution in [2.24, 2.45) is 0 Å². The molecule has 1 amide bonds. The molecule has 1 aromatic carbocycles. The minimum absolute atomic E-state index is 0.0869. The minimum Gasteiger partial charge on any atom is -0.325 e. The van der Waals surface area contributed by atoms with Crippen LogP contribution < -0.4 is 5.32 Å². The minimum atomic E-state index is -0.642. The van der Waals surface area contributed by atoms with Gasteiger partial charge in [-0.15, -0.1) is 11.6 Å². The molecule has 1 aliphatic heterocycles. The summed E-state index contributed by atoms with van der Waals surface area (Å²) in [6, 6.07) is 3.32. The molecule has 5 heteroatoms. The number of amides is 1. The molecule has 17 heavy (non-hydrogen) atoms. The van der Waals surface area contributed by atoms with Crippen molar-refractivity contribution in [2.75, 3.05) is 5.32 Å². The van der Waals surface area contributed by atoms with Crippen molar-refractivity contribution >= 4 is 40.6 Å². The van der Waals surface area contributed by atoms with Crippen LogP contribution in [-0.4, -0.2) is 17.1 Å². The highest BCUT2D eigenvalue weighted by atomic mass is 35.5. The quantitative estimate of drug-likeness (QED) is 0.664. The summed E-state index contributed by atoms with van der Waals surface area (Å²) in [5.74, 6) is -0.316. The van der Waals surface area contributed by atoms with Crippen LogP contribution in [0.1, 0.15) is 29.3 Å². The summed E-state index contributed by atoms with van der Waals surface area (Å²) in [6.07, 6.45) is 1.01. The molecule has 0 saturated carbocycles. The van der Waals surface area contributed by atoms with E-state index in [1.165, 1.54) is 0 Å². The van der Waals surface area contributed by atoms with E-state index in [0.717, 1.165) is 5.56 Å². The van der Waals surface area contributed by atoms with Gasteiger partial charge < -0.3 is 5.32 Å². The summed E-state index contributed by atoms with van der Waals surface area (Å²) in [7, 11) is 0. The molecular formula is C12H11Cl2NO2. The van der Waals surface area contributed by atoms with Crippen LogP contribution in [0.2, 0.25) is 5.02 Å². The first-order valence-electron chi connectivity index (χ1n) is 5.29. The van der Waals surface area contributed by atoms with Gasteiger partial charge in [0.2, 0.25) is 5.91 Å². The van der Waals surface area contributed by atoms with E-state index in [-0.39, 0.29) is 11.7 Å². The van der Waals surface area contributed by atoms with Crippen molar-refractivity contribution in [1.82, 2.24) is 0 Å². The number of nitrogens with one attached hydrogen (secondary N) is 1. The molecule has 1 atom stereocenters. The Morgan fingerprint density at radius 1 is 1.41 bits per heavy atom. The average molecular weight is 272 g/mol. The largest absolute Gasteiger partial charge is 0.325 e. The predicted molar refractivity (Wildman–Crippen MR) is 68.0 cm³/mol. The Labute approximate surface area is 109 Å². The van der Waals surface area contributed by atoms with Crippen molar-refractivity contribution in [3.05, 3.63) is 28.3 Å². The lowest BCUT2D eigenvalue weighted by molar-refractivity contribution is -0.116. The number of anilines is 1. The third kappa shape index (κ3) is 2.45. The fourth-order valence-corrected chi connectivity index (χ4v) is 2.23. The number of hydrogen-bond acceptors (Lipinski definition) is 2. The zero-order valence-electron chi connectivity index (χ0n) is 9.22. The van der Waals surface area contributed by atoms with Gasteiger partial charge in [0.15, 0.2) is 5.78 Å². The van der Waals surface area contributed by atoms with Crippen LogP contribution in [0.15, 0.2) is 12.1 Å². The Morgan fingerprint density at radius 2 is 2.12 bits per heavy atom. The smallest absolute Gasteiger partial charge is 0.224 e. The third-order valence-electron chi connectivity index (χ3n) is 2.70. The van der Waals surface area contributed by atoms with Gasteiger partial charge in [0, 0.05) is 17.0 Å². The number of benzene rings is 1. The lowest BCUT2D eigenvalue weighted by Crippen LogP contribution is -2.23. The number of carbonyl (C=O) groups excluding carboxylic acids is 2. The van der Waals surface area contributed by atoms with Gasteiger partial charge in [0.05, 0.1) is 11.1 Å². The Bertz CT molecular complexity index is 498. The summed E-state index contributed by atoms with van der Waals surface area (Å²) in [5.41, 5.74) is 1.84. The standard InChI is InChI=1S/C12H11Cl2NO2/c1-6(13)12(17)9-5-8(14)4-7-2-3-10(16)15-11(7)9/h4-6H,2-3H2,1H3,(H,15,16). The van der Waals surface area contributed by atoms with Crippen molar-refractivity contribution in [3.8, 4) is 0 Å². The normalized spacial score (nSPS) is 16.1. The van der Waals surface area contributed by atoms with Crippen molar-refractivity contribution in [2.45, 2.75) is 25.1 Å². The van der Waals surface area contributed by atoms with E-state index in [4.69, 9.17) is 23.2 Å². The topological polar surface area (TPSA) is 46.2 Å². The van der Waals surface area contributed by atoms with E-state index in [1.54, 1.807) is 19.1 Å². The van der Waals surface area contributed by atoms with Gasteiger partial charge >= 0.3 is 0 Å². The van der Waals surface area contributed by atoms with Gasteiger partial charge in [0.1, 0.15) is 0 Å². The summed E-state index contributed by atoms with van der Waals surface area (Å²) >= 11 is 11.7. The molecule has 0 aliphatic carbocycles. The van der Waals surface area contributed by atoms with E-state index < -0.39 is 5.38 Å². The number of Topliss-reactive ketones (excluding diaryl/α,β-unsaturated/α-hetero) is 1. The fraction of sp³-hybridized carbons (Fsp3) is 0.333. The molecule has 1 heterocycles. The van der Waals surface area contributed by atoms with E-state index in [0.29, 0.717) is 29.1 Å². The van der Waals surface area contributed by atoms with Gasteiger partial charge in [-0.2, -0.15) is 0 Å². The molecule has 3 nitrogen and oxygen atoms in total. The van der Waals surface area contributed by atoms with Crippen molar-refractivity contribution in [1.29, 1.82) is 0 Å². The second kappa shape index (κ2) is 4.67. The van der Waals surface area contributed by atoms with Crippen LogP contribution in [0.3, 0.4) is 0 Å². The zero-order valence-corrected chi connectivity index (χ0v) is 10.7. The summed E-state index contributed by atoms with van der Waals surface area (Å²) in [5, 5.41) is 2.56. The zero-order chi connectivity index (χ0) is 12.6. The van der Waals surface area contributed by atoms with Crippen molar-refractivity contribution in [3.63, 3.8) is 0 Å². The molecule has 1 aliphatic rings. The first kappa shape index (κ1) is 12.4. The number of ketones is 1. The second-order valence-electron chi connectivity index (χ2n) is 4.02. The van der Waals surface area contributed by atoms with Crippen LogP contribution in [0.5, 0.6) is 0 Å². The Morgan fingerprint density at radius 3 is 2.76 bits per heavy atom. The van der Waals surface area contributed by atoms with Gasteiger partial charge in [-0.1, -0.05) is 11.6 Å². The monoisotopic (exact) mass is 271 g/mol. The lowest BCUT2D eigenvalue weighted by Gasteiger charge is -2.20. The molecule has 1 aromatic rings. The Kier molecular flexibility index (Phi) is 3.40. The predicted octanol–water partition coefficient (Wildman–Crippen LogP) is 3.03. The highest BCUT2D eigenvalue weighted by Gasteiger charge is 2.24. The fourth-order valence-electron chi connectivity index (χ4n) is 1.87. The van der Waals surface area contributed by atoms with E-state index in [1.807, 2.05) is 0 Å². The SMILES string of the molecule is CC(Cl)C(=O)c1cc(Cl)cc2c1NC(=O)CC2. The molecule has 0 aromatic heterocycles. The average Bonchev–Trinajstić information content (AvgIpc) is 2.27. The van der Waals surface area contributed by atoms with Gasteiger partial charge in [0.25, 0.3) is 0 Å². The number of hydrogen-bond donors (Lipinski definition) is 1. The maximum absolute atomic E-state index is 11.9. The Balaban J connectivity index is 2.54. The number of aryl methyl sites for hydroxylation is 1. The van der Waals surface area contributed by atoms with Crippen molar-refractivity contribution < 1.29 is 9.59 Å². The van der Waals surface area contributed by atoms with Crippen LogP contribution in [0.4, 0.5) is 5.69 Å². The van der Waals surface area contributed by atoms with Gasteiger partial charge in [-0.05, 0) is 31.0 Å². The molecular weight excluding hydrogens is 261 g/mol. The number of rotatable bonds is 2. The molecule has 1 unspecified atom stereocenters. The van der Waals surface area contributed by atoms with Gasteiger partial charge in [-0.25, -0.2) is 0 Å². The molecule has 1 N–H and O–H groups in total. The first-order valence-corrected chi connectivity index (χ1v) is 6.11. The Hall–Kier alpha value is -1.06. The number of alkyl halides is 1. The number of carbonyl (C=O) groups is 2. The molecule has 0 fully saturated rings. The van der Waals surface area contributed by atoms with Crippen LogP contribution in [0.25, 0.3) is 0 Å². The van der Waals surface area contributed by atoms with Gasteiger partial charge in [-0.3, -0.25) is 9.59 Å². The molecule has 2 rings (SSSR count). The first-order chi connectivity index (χ1) is 7.99. The van der Waals surface area contributed by atoms with Crippen LogP contribution >= 0.6 is 23.2 Å². The molecule has 0 bridgehead atoms. The number of halogens is 2. The molecule has 90 valence electrons.